The zero-order valence-electron chi connectivity index (χ0n) is 3.17. The molecular formula is CH5Cl2O3P. The van der Waals surface area contributed by atoms with Crippen molar-refractivity contribution in [3.63, 3.8) is 0 Å². The van der Waals surface area contributed by atoms with Crippen molar-refractivity contribution in [3.05, 3.63) is 0 Å². The van der Waals surface area contributed by atoms with E-state index in [1.807, 2.05) is 0 Å². The number of rotatable bonds is 1. The summed E-state index contributed by atoms with van der Waals surface area (Å²) in [6.45, 7) is 0. The van der Waals surface area contributed by atoms with Gasteiger partial charge in [0.15, 0.2) is 0 Å². The zero-order valence-corrected chi connectivity index (χ0v) is 5.69. The molecule has 6 heteroatoms. The van der Waals surface area contributed by atoms with E-state index in [4.69, 9.17) is 37.9 Å². The third kappa shape index (κ3) is 3.47. The number of halogens is 2. The summed E-state index contributed by atoms with van der Waals surface area (Å²) in [5.41, 5.74) is 0. The van der Waals surface area contributed by atoms with Gasteiger partial charge in [-0.15, -0.1) is 0 Å². The second kappa shape index (κ2) is 2.44. The molecule has 7 heavy (non-hydrogen) atoms. The third-order valence-corrected chi connectivity index (χ3v) is 2.63. The molecule has 0 aliphatic carbocycles. The van der Waals surface area contributed by atoms with Gasteiger partial charge >= 0.3 is 50.4 Å². The van der Waals surface area contributed by atoms with Crippen molar-refractivity contribution in [1.29, 1.82) is 0 Å². The van der Waals surface area contributed by atoms with Crippen LogP contribution >= 0.6 is 31.1 Å². The molecular weight excluding hydrogens is 162 g/mol. The van der Waals surface area contributed by atoms with Crippen LogP contribution in [0, 0.1) is 0 Å². The Kier molecular flexibility index (Phi) is 2.75. The van der Waals surface area contributed by atoms with Crippen LogP contribution in [-0.2, 0) is 0 Å². The number of hydrogen-bond donors (Lipinski definition) is 3. The molecule has 0 unspecified atom stereocenters. The van der Waals surface area contributed by atoms with Crippen molar-refractivity contribution in [2.24, 2.45) is 0 Å². The van der Waals surface area contributed by atoms with Crippen molar-refractivity contribution in [2.75, 3.05) is 0 Å². The Morgan fingerprint density at radius 1 is 1.14 bits per heavy atom. The Labute approximate surface area is 51.1 Å². The van der Waals surface area contributed by atoms with Crippen LogP contribution in [0.1, 0.15) is 0 Å². The van der Waals surface area contributed by atoms with Crippen molar-refractivity contribution >= 4 is 31.1 Å². The van der Waals surface area contributed by atoms with E-state index in [2.05, 4.69) is 0 Å². The standard InChI is InChI=1S/CH5Cl2O3P/c2-1(3)7(4,5)6/h1,4-7H. The molecule has 0 saturated heterocycles. The van der Waals surface area contributed by atoms with Crippen LogP contribution in [0.4, 0.5) is 0 Å². The Balaban J connectivity index is 3.54. The molecule has 3 nitrogen and oxygen atoms in total. The molecule has 0 aliphatic rings. The van der Waals surface area contributed by atoms with Gasteiger partial charge in [-0.2, -0.15) is 0 Å². The maximum atomic E-state index is 8.08. The average Bonchev–Trinajstić information content (AvgIpc) is 1.31. The van der Waals surface area contributed by atoms with E-state index in [0.717, 1.165) is 0 Å². The van der Waals surface area contributed by atoms with E-state index in [-0.39, 0.29) is 0 Å². The van der Waals surface area contributed by atoms with Crippen LogP contribution in [0.2, 0.25) is 0 Å². The molecule has 0 heterocycles. The van der Waals surface area contributed by atoms with E-state index in [0.29, 0.717) is 0 Å². The molecule has 0 saturated carbocycles. The topological polar surface area (TPSA) is 60.7 Å². The predicted octanol–water partition coefficient (Wildman–Crippen LogP) is 0.219. The Morgan fingerprint density at radius 2 is 1.29 bits per heavy atom. The summed E-state index contributed by atoms with van der Waals surface area (Å²) in [7, 11) is -4.20. The Bertz CT molecular complexity index is 58.4. The molecule has 0 spiro atoms. The van der Waals surface area contributed by atoms with Crippen LogP contribution in [0.5, 0.6) is 0 Å². The van der Waals surface area contributed by atoms with Gasteiger partial charge in [0.2, 0.25) is 0 Å². The fourth-order valence-electron chi connectivity index (χ4n) is 0. The van der Waals surface area contributed by atoms with Gasteiger partial charge in [-0.3, -0.25) is 0 Å². The van der Waals surface area contributed by atoms with Crippen molar-refractivity contribution < 1.29 is 14.7 Å². The number of hydrogen-bond acceptors (Lipinski definition) is 3. The molecule has 0 aromatic heterocycles. The first-order valence-electron chi connectivity index (χ1n) is 1.40. The van der Waals surface area contributed by atoms with E-state index in [1.54, 1.807) is 0 Å². The van der Waals surface area contributed by atoms with E-state index in [9.17, 15) is 0 Å². The number of alkyl halides is 2. The molecule has 0 amide bonds. The summed E-state index contributed by atoms with van der Waals surface area (Å²) in [6, 6.07) is 0. The van der Waals surface area contributed by atoms with Crippen LogP contribution in [-0.4, -0.2) is 19.3 Å². The van der Waals surface area contributed by atoms with E-state index in [1.165, 1.54) is 0 Å². The van der Waals surface area contributed by atoms with Crippen molar-refractivity contribution in [2.45, 2.75) is 4.58 Å². The first-order valence-corrected chi connectivity index (χ1v) is 4.19. The van der Waals surface area contributed by atoms with E-state index < -0.39 is 12.5 Å². The van der Waals surface area contributed by atoms with Crippen molar-refractivity contribution in [1.82, 2.24) is 0 Å². The minimum absolute atomic E-state index is 1.45. The molecule has 0 rings (SSSR count). The third-order valence-electron chi connectivity index (χ3n) is 0.293. The Hall–Kier alpha value is 0.890. The van der Waals surface area contributed by atoms with Crippen molar-refractivity contribution in [3.8, 4) is 0 Å². The first-order chi connectivity index (χ1) is 2.94. The molecule has 46 valence electrons. The molecule has 3 N–H and O–H groups in total. The predicted molar refractivity (Wildman–Crippen MR) is 30.5 cm³/mol. The molecule has 0 aliphatic heterocycles. The van der Waals surface area contributed by atoms with Gasteiger partial charge in [-0.05, 0) is 0 Å². The second-order valence-corrected chi connectivity index (χ2v) is 4.77. The molecule has 0 fully saturated rings. The summed E-state index contributed by atoms with van der Waals surface area (Å²) in [5.74, 6) is 0. The van der Waals surface area contributed by atoms with Crippen LogP contribution in [0.3, 0.4) is 0 Å². The van der Waals surface area contributed by atoms with Crippen LogP contribution in [0.15, 0.2) is 0 Å². The fraction of sp³-hybridized carbons (Fsp3) is 1.00. The summed E-state index contributed by atoms with van der Waals surface area (Å²) in [5, 5.41) is 0. The molecule has 0 bridgehead atoms. The van der Waals surface area contributed by atoms with Gasteiger partial charge in [0.1, 0.15) is 0 Å². The van der Waals surface area contributed by atoms with Gasteiger partial charge in [0, 0.05) is 0 Å². The normalized spacial score (nSPS) is 15.1. The Morgan fingerprint density at radius 3 is 1.29 bits per heavy atom. The minimum atomic E-state index is -4.20. The summed E-state index contributed by atoms with van der Waals surface area (Å²) >= 11 is 9.66. The van der Waals surface area contributed by atoms with Crippen LogP contribution in [0.25, 0.3) is 0 Å². The summed E-state index contributed by atoms with van der Waals surface area (Å²) < 4.78 is -1.45. The van der Waals surface area contributed by atoms with Gasteiger partial charge < -0.3 is 0 Å². The van der Waals surface area contributed by atoms with E-state index >= 15 is 0 Å². The van der Waals surface area contributed by atoms with Gasteiger partial charge in [-0.1, -0.05) is 0 Å². The molecule has 0 radical (unpaired) electrons. The van der Waals surface area contributed by atoms with Gasteiger partial charge in [-0.25, -0.2) is 0 Å². The first kappa shape index (κ1) is 7.89. The molecule has 0 atom stereocenters. The summed E-state index contributed by atoms with van der Waals surface area (Å²) in [6.07, 6.45) is 0. The van der Waals surface area contributed by atoms with Gasteiger partial charge in [0.05, 0.1) is 0 Å². The monoisotopic (exact) mass is 166 g/mol. The SMILES string of the molecule is O[PH](O)(O)C(Cl)Cl. The second-order valence-electron chi connectivity index (χ2n) is 0.988. The fourth-order valence-corrected chi connectivity index (χ4v) is 0. The molecule has 0 aromatic carbocycles. The average molecular weight is 167 g/mol. The quantitative estimate of drug-likeness (QED) is 0.386. The molecule has 0 aromatic rings. The van der Waals surface area contributed by atoms with Gasteiger partial charge in [0.25, 0.3) is 0 Å². The summed E-state index contributed by atoms with van der Waals surface area (Å²) in [4.78, 5) is 24.2. The van der Waals surface area contributed by atoms with Crippen LogP contribution < -0.4 is 0 Å². The maximum absolute atomic E-state index is 8.08. The zero-order chi connectivity index (χ0) is 6.08.